The zero-order valence-electron chi connectivity index (χ0n) is 21.2. The summed E-state index contributed by atoms with van der Waals surface area (Å²) in [7, 11) is -0.549. The molecule has 0 fully saturated rings. The van der Waals surface area contributed by atoms with Crippen LogP contribution in [0.3, 0.4) is 0 Å². The smallest absolute Gasteiger partial charge is 0.243 e. The van der Waals surface area contributed by atoms with Gasteiger partial charge < -0.3 is 15.0 Å². The van der Waals surface area contributed by atoms with Gasteiger partial charge in [-0.1, -0.05) is 37.3 Å². The van der Waals surface area contributed by atoms with Gasteiger partial charge in [-0.05, 0) is 56.5 Å². The summed E-state index contributed by atoms with van der Waals surface area (Å²) in [6, 6.07) is 14.9. The average molecular weight is 504 g/mol. The van der Waals surface area contributed by atoms with E-state index in [9.17, 15) is 18.0 Å². The minimum atomic E-state index is -3.63. The van der Waals surface area contributed by atoms with Crippen LogP contribution in [-0.4, -0.2) is 62.2 Å². The quantitative estimate of drug-likeness (QED) is 0.452. The lowest BCUT2D eigenvalue weighted by Crippen LogP contribution is -2.50. The van der Waals surface area contributed by atoms with Crippen LogP contribution >= 0.6 is 0 Å². The zero-order valence-corrected chi connectivity index (χ0v) is 22.0. The number of nitrogens with one attached hydrogen (secondary N) is 1. The predicted octanol–water partition coefficient (Wildman–Crippen LogP) is 3.43. The van der Waals surface area contributed by atoms with Crippen molar-refractivity contribution < 1.29 is 22.7 Å². The van der Waals surface area contributed by atoms with Crippen molar-refractivity contribution in [1.82, 2.24) is 14.5 Å². The minimum absolute atomic E-state index is 0.0536. The molecule has 0 radical (unpaired) electrons. The van der Waals surface area contributed by atoms with Crippen molar-refractivity contribution in [1.29, 1.82) is 0 Å². The molecule has 192 valence electrons. The molecule has 9 heteroatoms. The fourth-order valence-electron chi connectivity index (χ4n) is 3.76. The van der Waals surface area contributed by atoms with Crippen LogP contribution in [0.1, 0.15) is 45.6 Å². The number of ether oxygens (including phenoxy) is 1. The molecule has 2 amide bonds. The lowest BCUT2D eigenvalue weighted by molar-refractivity contribution is -0.141. The van der Waals surface area contributed by atoms with E-state index >= 15 is 0 Å². The number of amides is 2. The van der Waals surface area contributed by atoms with Gasteiger partial charge in [-0.15, -0.1) is 0 Å². The summed E-state index contributed by atoms with van der Waals surface area (Å²) in [5.41, 5.74) is 0.845. The Kier molecular flexibility index (Phi) is 10.7. The van der Waals surface area contributed by atoms with E-state index < -0.39 is 16.1 Å². The van der Waals surface area contributed by atoms with Gasteiger partial charge in [0.2, 0.25) is 21.8 Å². The lowest BCUT2D eigenvalue weighted by atomic mass is 10.1. The van der Waals surface area contributed by atoms with Crippen LogP contribution in [0.5, 0.6) is 5.75 Å². The highest BCUT2D eigenvalue weighted by molar-refractivity contribution is 7.89. The third-order valence-corrected chi connectivity index (χ3v) is 7.49. The standard InChI is InChI=1S/C26H37N3O5S/c1-6-24(26(31)27-20(2)3)29(19-21-12-10-13-22(18-21)34-5)25(30)16-11-17-28(4)35(32,33)23-14-8-7-9-15-23/h7-10,12-15,18,20,24H,6,11,16-17,19H2,1-5H3,(H,27,31)/t24-/m1/s1. The summed E-state index contributed by atoms with van der Waals surface area (Å²) in [6.45, 7) is 6.06. The molecule has 0 aliphatic carbocycles. The van der Waals surface area contributed by atoms with Crippen LogP contribution in [0.2, 0.25) is 0 Å². The highest BCUT2D eigenvalue weighted by Gasteiger charge is 2.29. The fraction of sp³-hybridized carbons (Fsp3) is 0.462. The number of methoxy groups -OCH3 is 1. The van der Waals surface area contributed by atoms with Gasteiger partial charge in [-0.3, -0.25) is 9.59 Å². The maximum Gasteiger partial charge on any atom is 0.243 e. The van der Waals surface area contributed by atoms with Crippen LogP contribution in [0.25, 0.3) is 0 Å². The van der Waals surface area contributed by atoms with Crippen molar-refractivity contribution in [3.8, 4) is 5.75 Å². The first-order valence-corrected chi connectivity index (χ1v) is 13.3. The molecule has 2 rings (SSSR count). The molecule has 0 aromatic heterocycles. The van der Waals surface area contributed by atoms with E-state index in [2.05, 4.69) is 5.32 Å². The maximum atomic E-state index is 13.3. The van der Waals surface area contributed by atoms with E-state index in [0.29, 0.717) is 18.6 Å². The minimum Gasteiger partial charge on any atom is -0.497 e. The van der Waals surface area contributed by atoms with Gasteiger partial charge in [0.15, 0.2) is 0 Å². The second kappa shape index (κ2) is 13.3. The molecule has 1 atom stereocenters. The van der Waals surface area contributed by atoms with Gasteiger partial charge in [0.25, 0.3) is 0 Å². The van der Waals surface area contributed by atoms with Gasteiger partial charge in [0.05, 0.1) is 12.0 Å². The number of nitrogens with zero attached hydrogens (tertiary/aromatic N) is 2. The van der Waals surface area contributed by atoms with E-state index in [1.807, 2.05) is 45.0 Å². The van der Waals surface area contributed by atoms with Crippen LogP contribution in [-0.2, 0) is 26.2 Å². The van der Waals surface area contributed by atoms with Gasteiger partial charge in [-0.25, -0.2) is 12.7 Å². The van der Waals surface area contributed by atoms with Crippen molar-refractivity contribution in [3.63, 3.8) is 0 Å². The molecule has 0 unspecified atom stereocenters. The molecule has 0 aliphatic heterocycles. The average Bonchev–Trinajstić information content (AvgIpc) is 2.83. The SMILES string of the molecule is CC[C@H](C(=O)NC(C)C)N(Cc1cccc(OC)c1)C(=O)CCCN(C)S(=O)(=O)c1ccccc1. The van der Waals surface area contributed by atoms with Crippen molar-refractivity contribution in [2.75, 3.05) is 20.7 Å². The van der Waals surface area contributed by atoms with E-state index in [-0.39, 0.29) is 42.3 Å². The number of sulfonamides is 1. The molecule has 0 heterocycles. The summed E-state index contributed by atoms with van der Waals surface area (Å²) in [6.07, 6.45) is 0.902. The summed E-state index contributed by atoms with van der Waals surface area (Å²) in [5.74, 6) is 0.258. The van der Waals surface area contributed by atoms with E-state index in [1.165, 1.54) is 11.4 Å². The first-order valence-electron chi connectivity index (χ1n) is 11.8. The zero-order chi connectivity index (χ0) is 26.0. The predicted molar refractivity (Wildman–Crippen MR) is 136 cm³/mol. The number of carbonyl (C=O) groups excluding carboxylic acids is 2. The van der Waals surface area contributed by atoms with Crippen LogP contribution in [0.4, 0.5) is 0 Å². The molecule has 0 spiro atoms. The Balaban J connectivity index is 2.15. The number of carbonyl (C=O) groups is 2. The molecular weight excluding hydrogens is 466 g/mol. The molecular formula is C26H37N3O5S. The van der Waals surface area contributed by atoms with E-state index in [4.69, 9.17) is 4.74 Å². The van der Waals surface area contributed by atoms with Crippen molar-refractivity contribution in [2.45, 2.75) is 63.6 Å². The first-order chi connectivity index (χ1) is 16.6. The van der Waals surface area contributed by atoms with Crippen LogP contribution < -0.4 is 10.1 Å². The summed E-state index contributed by atoms with van der Waals surface area (Å²) in [5, 5.41) is 2.90. The second-order valence-corrected chi connectivity index (χ2v) is 10.7. The molecule has 0 saturated heterocycles. The van der Waals surface area contributed by atoms with Gasteiger partial charge in [-0.2, -0.15) is 0 Å². The first kappa shape index (κ1) is 28.3. The fourth-order valence-corrected chi connectivity index (χ4v) is 4.99. The molecule has 2 aromatic carbocycles. The third-order valence-electron chi connectivity index (χ3n) is 5.62. The summed E-state index contributed by atoms with van der Waals surface area (Å²) >= 11 is 0. The lowest BCUT2D eigenvalue weighted by Gasteiger charge is -2.31. The number of hydrogen-bond donors (Lipinski definition) is 1. The van der Waals surface area contributed by atoms with Gasteiger partial charge >= 0.3 is 0 Å². The van der Waals surface area contributed by atoms with Gasteiger partial charge in [0.1, 0.15) is 11.8 Å². The Morgan fingerprint density at radius 1 is 1.06 bits per heavy atom. The number of benzene rings is 2. The Morgan fingerprint density at radius 3 is 2.34 bits per heavy atom. The van der Waals surface area contributed by atoms with Crippen LogP contribution in [0, 0.1) is 0 Å². The number of hydrogen-bond acceptors (Lipinski definition) is 5. The highest BCUT2D eigenvalue weighted by atomic mass is 32.2. The Bertz CT molecular complexity index is 1070. The normalized spacial score (nSPS) is 12.4. The second-order valence-electron chi connectivity index (χ2n) is 8.70. The molecule has 2 aromatic rings. The van der Waals surface area contributed by atoms with Crippen molar-refractivity contribution >= 4 is 21.8 Å². The maximum absolute atomic E-state index is 13.3. The molecule has 8 nitrogen and oxygen atoms in total. The Morgan fingerprint density at radius 2 is 1.74 bits per heavy atom. The van der Waals surface area contributed by atoms with Crippen molar-refractivity contribution in [3.05, 3.63) is 60.2 Å². The van der Waals surface area contributed by atoms with E-state index in [1.54, 1.807) is 42.3 Å². The summed E-state index contributed by atoms with van der Waals surface area (Å²) in [4.78, 5) is 28.0. The van der Waals surface area contributed by atoms with Crippen molar-refractivity contribution in [2.24, 2.45) is 0 Å². The molecule has 35 heavy (non-hydrogen) atoms. The Labute approximate surface area is 209 Å². The van der Waals surface area contributed by atoms with Crippen LogP contribution in [0.15, 0.2) is 59.5 Å². The molecule has 0 bridgehead atoms. The molecule has 0 saturated carbocycles. The topological polar surface area (TPSA) is 96.0 Å². The van der Waals surface area contributed by atoms with E-state index in [0.717, 1.165) is 5.56 Å². The van der Waals surface area contributed by atoms with Gasteiger partial charge in [0, 0.05) is 32.6 Å². The molecule has 1 N–H and O–H groups in total. The number of rotatable bonds is 13. The summed E-state index contributed by atoms with van der Waals surface area (Å²) < 4.78 is 32.1. The largest absolute Gasteiger partial charge is 0.497 e. The Hall–Kier alpha value is -2.91. The molecule has 0 aliphatic rings. The third kappa shape index (κ3) is 8.07. The highest BCUT2D eigenvalue weighted by Crippen LogP contribution is 2.19. The monoisotopic (exact) mass is 503 g/mol.